The highest BCUT2D eigenvalue weighted by atomic mass is 32.1. The summed E-state index contributed by atoms with van der Waals surface area (Å²) in [5.74, 6) is 0. The van der Waals surface area contributed by atoms with Crippen LogP contribution in [0.2, 0.25) is 0 Å². The van der Waals surface area contributed by atoms with Crippen molar-refractivity contribution in [2.75, 3.05) is 25.6 Å². The lowest BCUT2D eigenvalue weighted by molar-refractivity contribution is 0.211. The topological polar surface area (TPSA) is 21.3 Å². The maximum atomic E-state index is 5.03. The molecule has 1 N–H and O–H groups in total. The highest BCUT2D eigenvalue weighted by Gasteiger charge is 2.07. The van der Waals surface area contributed by atoms with Crippen LogP contribution >= 0.6 is 11.3 Å². The zero-order chi connectivity index (χ0) is 10.4. The van der Waals surface area contributed by atoms with Gasteiger partial charge in [-0.15, -0.1) is 11.3 Å². The molecule has 0 amide bonds. The fourth-order valence-corrected chi connectivity index (χ4v) is 2.51. The number of ether oxygens (including phenoxy) is 1. The summed E-state index contributed by atoms with van der Waals surface area (Å²) in [4.78, 5) is 1.46. The fraction of sp³-hybridized carbons (Fsp3) is 0.636. The van der Waals surface area contributed by atoms with Crippen molar-refractivity contribution in [1.82, 2.24) is 0 Å². The van der Waals surface area contributed by atoms with Crippen molar-refractivity contribution in [1.29, 1.82) is 0 Å². The summed E-state index contributed by atoms with van der Waals surface area (Å²) < 4.78 is 5.03. The standard InChI is InChI=1S/C11H19NOS/c1-4-9-8-14-10(5-2)11(9)12-6-7-13-3/h8,12H,4-7H2,1-3H3. The smallest absolute Gasteiger partial charge is 0.0635 e. The summed E-state index contributed by atoms with van der Waals surface area (Å²) in [6.45, 7) is 6.06. The van der Waals surface area contributed by atoms with Gasteiger partial charge in [0.05, 0.1) is 12.3 Å². The molecule has 0 atom stereocenters. The summed E-state index contributed by atoms with van der Waals surface area (Å²) in [5.41, 5.74) is 2.78. The number of hydrogen-bond donors (Lipinski definition) is 1. The van der Waals surface area contributed by atoms with Crippen molar-refractivity contribution in [3.63, 3.8) is 0 Å². The zero-order valence-corrected chi connectivity index (χ0v) is 10.0. The minimum atomic E-state index is 0.766. The molecule has 0 aliphatic heterocycles. The third kappa shape index (κ3) is 2.72. The highest BCUT2D eigenvalue weighted by Crippen LogP contribution is 2.28. The Morgan fingerprint density at radius 1 is 1.36 bits per heavy atom. The third-order valence-corrected chi connectivity index (χ3v) is 3.43. The van der Waals surface area contributed by atoms with Crippen LogP contribution in [0.4, 0.5) is 5.69 Å². The van der Waals surface area contributed by atoms with Gasteiger partial charge >= 0.3 is 0 Å². The molecule has 0 saturated carbocycles. The second-order valence-corrected chi connectivity index (χ2v) is 4.15. The van der Waals surface area contributed by atoms with E-state index < -0.39 is 0 Å². The fourth-order valence-electron chi connectivity index (χ4n) is 1.45. The Hall–Kier alpha value is -0.540. The monoisotopic (exact) mass is 213 g/mol. The van der Waals surface area contributed by atoms with E-state index in [4.69, 9.17) is 4.74 Å². The molecule has 1 heterocycles. The van der Waals surface area contributed by atoms with Crippen LogP contribution in [0.1, 0.15) is 24.3 Å². The van der Waals surface area contributed by atoms with Gasteiger partial charge in [0, 0.05) is 18.5 Å². The Labute approximate surface area is 90.3 Å². The van der Waals surface area contributed by atoms with Crippen molar-refractivity contribution >= 4 is 17.0 Å². The largest absolute Gasteiger partial charge is 0.383 e. The van der Waals surface area contributed by atoms with Crippen LogP contribution in [0.5, 0.6) is 0 Å². The second-order valence-electron chi connectivity index (χ2n) is 3.19. The van der Waals surface area contributed by atoms with E-state index in [9.17, 15) is 0 Å². The van der Waals surface area contributed by atoms with Gasteiger partial charge in [-0.05, 0) is 23.8 Å². The number of thiophene rings is 1. The van der Waals surface area contributed by atoms with Crippen molar-refractivity contribution in [3.8, 4) is 0 Å². The Bertz CT molecular complexity index is 249. The molecule has 0 aliphatic carbocycles. The Balaban J connectivity index is 2.65. The van der Waals surface area contributed by atoms with E-state index in [-0.39, 0.29) is 0 Å². The van der Waals surface area contributed by atoms with Gasteiger partial charge in [0.2, 0.25) is 0 Å². The summed E-state index contributed by atoms with van der Waals surface area (Å²) in [6.07, 6.45) is 2.21. The van der Waals surface area contributed by atoms with Crippen LogP contribution < -0.4 is 5.32 Å². The molecular formula is C11H19NOS. The lowest BCUT2D eigenvalue weighted by Crippen LogP contribution is -2.09. The van der Waals surface area contributed by atoms with Gasteiger partial charge in [-0.25, -0.2) is 0 Å². The number of nitrogens with one attached hydrogen (secondary N) is 1. The molecule has 0 aliphatic rings. The highest BCUT2D eigenvalue weighted by molar-refractivity contribution is 7.10. The molecule has 1 aromatic rings. The van der Waals surface area contributed by atoms with Crippen molar-refractivity contribution < 1.29 is 4.74 Å². The zero-order valence-electron chi connectivity index (χ0n) is 9.22. The molecule has 0 spiro atoms. The van der Waals surface area contributed by atoms with Crippen LogP contribution in [0, 0.1) is 0 Å². The average Bonchev–Trinajstić information content (AvgIpc) is 2.60. The second kappa shape index (κ2) is 6.04. The van der Waals surface area contributed by atoms with Crippen LogP contribution in [0.25, 0.3) is 0 Å². The average molecular weight is 213 g/mol. The van der Waals surface area contributed by atoms with E-state index >= 15 is 0 Å². The summed E-state index contributed by atoms with van der Waals surface area (Å²) in [7, 11) is 1.73. The SMILES string of the molecule is CCc1csc(CC)c1NCCOC. The molecule has 3 heteroatoms. The van der Waals surface area contributed by atoms with Gasteiger partial charge in [0.1, 0.15) is 0 Å². The molecule has 0 bridgehead atoms. The van der Waals surface area contributed by atoms with Gasteiger partial charge < -0.3 is 10.1 Å². The predicted octanol–water partition coefficient (Wildman–Crippen LogP) is 2.93. The van der Waals surface area contributed by atoms with E-state index in [0.29, 0.717) is 0 Å². The molecule has 14 heavy (non-hydrogen) atoms. The lowest BCUT2D eigenvalue weighted by atomic mass is 10.2. The van der Waals surface area contributed by atoms with Crippen LogP contribution in [0.3, 0.4) is 0 Å². The van der Waals surface area contributed by atoms with E-state index in [1.807, 2.05) is 11.3 Å². The van der Waals surface area contributed by atoms with E-state index in [1.165, 1.54) is 16.1 Å². The molecule has 0 aromatic carbocycles. The first-order chi connectivity index (χ1) is 6.83. The van der Waals surface area contributed by atoms with E-state index in [0.717, 1.165) is 26.0 Å². The van der Waals surface area contributed by atoms with Crippen LogP contribution in [-0.2, 0) is 17.6 Å². The van der Waals surface area contributed by atoms with Gasteiger partial charge in [-0.2, -0.15) is 0 Å². The van der Waals surface area contributed by atoms with Gasteiger partial charge in [-0.1, -0.05) is 13.8 Å². The Kier molecular flexibility index (Phi) is 4.98. The Morgan fingerprint density at radius 3 is 2.71 bits per heavy atom. The molecule has 0 fully saturated rings. The molecule has 1 rings (SSSR count). The minimum Gasteiger partial charge on any atom is -0.383 e. The first kappa shape index (κ1) is 11.5. The van der Waals surface area contributed by atoms with E-state index in [2.05, 4.69) is 24.5 Å². The summed E-state index contributed by atoms with van der Waals surface area (Å²) >= 11 is 1.86. The number of methoxy groups -OCH3 is 1. The molecule has 0 saturated heterocycles. The number of rotatable bonds is 6. The molecule has 0 unspecified atom stereocenters. The quantitative estimate of drug-likeness (QED) is 0.734. The van der Waals surface area contributed by atoms with Crippen molar-refractivity contribution in [2.24, 2.45) is 0 Å². The maximum Gasteiger partial charge on any atom is 0.0635 e. The van der Waals surface area contributed by atoms with Gasteiger partial charge in [-0.3, -0.25) is 0 Å². The predicted molar refractivity (Wildman–Crippen MR) is 63.4 cm³/mol. The molecular weight excluding hydrogens is 194 g/mol. The first-order valence-corrected chi connectivity index (χ1v) is 6.03. The Morgan fingerprint density at radius 2 is 2.14 bits per heavy atom. The van der Waals surface area contributed by atoms with Crippen LogP contribution in [0.15, 0.2) is 5.38 Å². The third-order valence-electron chi connectivity index (χ3n) is 2.25. The normalized spacial score (nSPS) is 10.5. The molecule has 0 radical (unpaired) electrons. The number of aryl methyl sites for hydroxylation is 2. The first-order valence-electron chi connectivity index (χ1n) is 5.15. The van der Waals surface area contributed by atoms with Crippen LogP contribution in [-0.4, -0.2) is 20.3 Å². The number of anilines is 1. The molecule has 2 nitrogen and oxygen atoms in total. The van der Waals surface area contributed by atoms with Gasteiger partial charge in [0.25, 0.3) is 0 Å². The summed E-state index contributed by atoms with van der Waals surface area (Å²) in [6, 6.07) is 0. The molecule has 1 aromatic heterocycles. The minimum absolute atomic E-state index is 0.766. The lowest BCUT2D eigenvalue weighted by Gasteiger charge is -2.08. The van der Waals surface area contributed by atoms with E-state index in [1.54, 1.807) is 7.11 Å². The van der Waals surface area contributed by atoms with Crippen molar-refractivity contribution in [2.45, 2.75) is 26.7 Å². The summed E-state index contributed by atoms with van der Waals surface area (Å²) in [5, 5.41) is 5.71. The molecule has 80 valence electrons. The van der Waals surface area contributed by atoms with Gasteiger partial charge in [0.15, 0.2) is 0 Å². The maximum absolute atomic E-state index is 5.03. The van der Waals surface area contributed by atoms with Crippen molar-refractivity contribution in [3.05, 3.63) is 15.8 Å². The number of hydrogen-bond acceptors (Lipinski definition) is 3.